The Morgan fingerprint density at radius 1 is 1.02 bits per heavy atom. The molecule has 0 N–H and O–H groups in total. The van der Waals surface area contributed by atoms with Gasteiger partial charge < -0.3 is 14.5 Å². The van der Waals surface area contributed by atoms with Gasteiger partial charge in [0, 0.05) is 50.6 Å². The molecule has 2 fully saturated rings. The fourth-order valence-electron chi connectivity index (χ4n) is 6.40. The normalized spacial score (nSPS) is 21.4. The van der Waals surface area contributed by atoms with Crippen molar-refractivity contribution in [3.63, 3.8) is 0 Å². The molecular formula is C30H34F3N3O4. The second kappa shape index (κ2) is 11.1. The molecule has 1 atom stereocenters. The molecule has 10 heteroatoms. The zero-order valence-electron chi connectivity index (χ0n) is 22.6. The molecule has 1 saturated heterocycles. The summed E-state index contributed by atoms with van der Waals surface area (Å²) in [6.45, 7) is 0.844. The van der Waals surface area contributed by atoms with E-state index in [-0.39, 0.29) is 44.8 Å². The van der Waals surface area contributed by atoms with Crippen molar-refractivity contribution in [3.8, 4) is 0 Å². The number of ether oxygens (including phenoxy) is 1. The molecule has 1 saturated carbocycles. The summed E-state index contributed by atoms with van der Waals surface area (Å²) in [5.74, 6) is -4.25. The van der Waals surface area contributed by atoms with E-state index in [0.29, 0.717) is 37.2 Å². The highest BCUT2D eigenvalue weighted by atomic mass is 19.3. The third-order valence-corrected chi connectivity index (χ3v) is 8.56. The molecule has 0 aromatic heterocycles. The van der Waals surface area contributed by atoms with Gasteiger partial charge in [0.25, 0.3) is 0 Å². The zero-order chi connectivity index (χ0) is 28.5. The Kier molecular flexibility index (Phi) is 7.79. The highest BCUT2D eigenvalue weighted by Crippen LogP contribution is 2.41. The molecule has 1 unspecified atom stereocenters. The number of halogens is 3. The van der Waals surface area contributed by atoms with Gasteiger partial charge in [-0.1, -0.05) is 24.3 Å². The second-order valence-electron chi connectivity index (χ2n) is 11.1. The molecule has 40 heavy (non-hydrogen) atoms. The lowest BCUT2D eigenvalue weighted by atomic mass is 9.75. The van der Waals surface area contributed by atoms with Crippen molar-refractivity contribution in [3.05, 3.63) is 59.9 Å². The van der Waals surface area contributed by atoms with Crippen LogP contribution in [-0.2, 0) is 20.7 Å². The summed E-state index contributed by atoms with van der Waals surface area (Å²) in [7, 11) is 1.26. The van der Waals surface area contributed by atoms with Gasteiger partial charge in [0.2, 0.25) is 11.8 Å². The summed E-state index contributed by atoms with van der Waals surface area (Å²) in [6, 6.07) is 12.2. The van der Waals surface area contributed by atoms with Crippen LogP contribution in [-0.4, -0.2) is 61.5 Å². The summed E-state index contributed by atoms with van der Waals surface area (Å²) in [5.41, 5.74) is 0.771. The zero-order valence-corrected chi connectivity index (χ0v) is 22.6. The van der Waals surface area contributed by atoms with Crippen molar-refractivity contribution in [2.24, 2.45) is 5.41 Å². The number of alkyl halides is 2. The molecule has 2 aromatic carbocycles. The summed E-state index contributed by atoms with van der Waals surface area (Å²) >= 11 is 0. The first-order chi connectivity index (χ1) is 19.1. The topological polar surface area (TPSA) is 70.2 Å². The number of para-hydroxylation sites is 1. The predicted octanol–water partition coefficient (Wildman–Crippen LogP) is 5.56. The molecule has 5 rings (SSSR count). The number of likely N-dealkylation sites (tertiary alicyclic amines) is 1. The van der Waals surface area contributed by atoms with Crippen LogP contribution in [0.5, 0.6) is 0 Å². The van der Waals surface area contributed by atoms with E-state index in [4.69, 9.17) is 4.74 Å². The fourth-order valence-corrected chi connectivity index (χ4v) is 6.40. The number of carbonyl (C=O) groups excluding carboxylic acids is 3. The number of rotatable bonds is 5. The van der Waals surface area contributed by atoms with Crippen LogP contribution in [0.25, 0.3) is 0 Å². The van der Waals surface area contributed by atoms with E-state index < -0.39 is 41.5 Å². The lowest BCUT2D eigenvalue weighted by molar-refractivity contribution is -0.158. The first-order valence-corrected chi connectivity index (χ1v) is 13.8. The van der Waals surface area contributed by atoms with Gasteiger partial charge in [-0.3, -0.25) is 14.5 Å². The fraction of sp³-hybridized carbons (Fsp3) is 0.500. The van der Waals surface area contributed by atoms with Gasteiger partial charge in [-0.15, -0.1) is 0 Å². The van der Waals surface area contributed by atoms with Gasteiger partial charge >= 0.3 is 12.0 Å². The Labute approximate surface area is 231 Å². The van der Waals surface area contributed by atoms with Crippen molar-refractivity contribution in [1.29, 1.82) is 0 Å². The van der Waals surface area contributed by atoms with Crippen molar-refractivity contribution in [2.45, 2.75) is 63.3 Å². The summed E-state index contributed by atoms with van der Waals surface area (Å²) in [6.07, 6.45) is 0.902. The largest absolute Gasteiger partial charge is 0.469 e. The third kappa shape index (κ3) is 5.53. The maximum absolute atomic E-state index is 14.4. The number of urea groups is 1. The Balaban J connectivity index is 1.34. The molecule has 0 spiro atoms. The Hall–Kier alpha value is -3.56. The predicted molar refractivity (Wildman–Crippen MR) is 144 cm³/mol. The maximum Gasteiger partial charge on any atom is 0.324 e. The molecule has 2 heterocycles. The number of carbonyl (C=O) groups is 3. The first kappa shape index (κ1) is 28.0. The summed E-state index contributed by atoms with van der Waals surface area (Å²) in [4.78, 5) is 45.0. The van der Waals surface area contributed by atoms with Gasteiger partial charge in [0.1, 0.15) is 5.82 Å². The number of benzene rings is 2. The van der Waals surface area contributed by atoms with Crippen LogP contribution in [0.3, 0.4) is 0 Å². The van der Waals surface area contributed by atoms with E-state index in [2.05, 4.69) is 0 Å². The van der Waals surface area contributed by atoms with E-state index in [1.807, 2.05) is 0 Å². The Bertz CT molecular complexity index is 1260. The molecule has 3 amide bonds. The minimum Gasteiger partial charge on any atom is -0.469 e. The number of amides is 3. The smallest absolute Gasteiger partial charge is 0.324 e. The maximum atomic E-state index is 14.4. The van der Waals surface area contributed by atoms with Gasteiger partial charge in [0.05, 0.1) is 18.2 Å². The van der Waals surface area contributed by atoms with E-state index in [0.717, 1.165) is 5.56 Å². The van der Waals surface area contributed by atoms with E-state index in [1.54, 1.807) is 46.2 Å². The van der Waals surface area contributed by atoms with Crippen molar-refractivity contribution in [1.82, 2.24) is 4.90 Å². The van der Waals surface area contributed by atoms with Gasteiger partial charge in [-0.2, -0.15) is 0 Å². The molecular weight excluding hydrogens is 523 g/mol. The molecule has 7 nitrogen and oxygen atoms in total. The number of piperidine rings is 1. The molecule has 214 valence electrons. The monoisotopic (exact) mass is 557 g/mol. The molecule has 2 aliphatic heterocycles. The first-order valence-electron chi connectivity index (χ1n) is 13.8. The van der Waals surface area contributed by atoms with Crippen LogP contribution >= 0.6 is 0 Å². The van der Waals surface area contributed by atoms with E-state index in [1.165, 1.54) is 24.1 Å². The minimum absolute atomic E-state index is 0.185. The van der Waals surface area contributed by atoms with Gasteiger partial charge in [0.15, 0.2) is 0 Å². The van der Waals surface area contributed by atoms with Crippen molar-refractivity contribution < 1.29 is 32.3 Å². The average Bonchev–Trinajstić information content (AvgIpc) is 3.36. The number of methoxy groups -OCH3 is 1. The lowest BCUT2D eigenvalue weighted by Crippen LogP contribution is -2.53. The number of anilines is 2. The van der Waals surface area contributed by atoms with Gasteiger partial charge in [-0.05, 0) is 61.9 Å². The van der Waals surface area contributed by atoms with Crippen molar-refractivity contribution >= 4 is 29.3 Å². The lowest BCUT2D eigenvalue weighted by Gasteiger charge is -2.43. The SMILES string of the molecule is COC(=O)C1(CC(=O)N(c2ccccc2)C2CCCC(F)(F)C2)CCN(C(=O)N2CCc3ccc(F)cc32)CC1. The molecule has 0 bridgehead atoms. The van der Waals surface area contributed by atoms with Crippen molar-refractivity contribution in [2.75, 3.05) is 36.5 Å². The van der Waals surface area contributed by atoms with Crippen LogP contribution < -0.4 is 9.80 Å². The molecule has 3 aliphatic rings. The third-order valence-electron chi connectivity index (χ3n) is 8.56. The number of esters is 1. The van der Waals surface area contributed by atoms with Gasteiger partial charge in [-0.25, -0.2) is 18.0 Å². The van der Waals surface area contributed by atoms with Crippen LogP contribution in [0.1, 0.15) is 50.5 Å². The molecule has 1 aliphatic carbocycles. The second-order valence-corrected chi connectivity index (χ2v) is 11.1. The highest BCUT2D eigenvalue weighted by molar-refractivity contribution is 5.98. The number of hydrogen-bond donors (Lipinski definition) is 0. The standard InChI is InChI=1S/C30H34F3N3O4/c1-40-27(38)29(13-16-34(17-14-29)28(39)35-15-11-21-9-10-22(31)18-25(21)35)20-26(37)36(23-6-3-2-4-7-23)24-8-5-12-30(32,33)19-24/h2-4,6-7,9-10,18,24H,5,8,11-17,19-20H2,1H3. The number of fused-ring (bicyclic) bond motifs is 1. The average molecular weight is 558 g/mol. The Morgan fingerprint density at radius 2 is 1.75 bits per heavy atom. The number of hydrogen-bond acceptors (Lipinski definition) is 4. The summed E-state index contributed by atoms with van der Waals surface area (Å²) in [5, 5.41) is 0. The van der Waals surface area contributed by atoms with Crippen LogP contribution in [0, 0.1) is 11.2 Å². The molecule has 2 aromatic rings. The van der Waals surface area contributed by atoms with Crippen LogP contribution in [0.4, 0.5) is 29.3 Å². The Morgan fingerprint density at radius 3 is 2.42 bits per heavy atom. The molecule has 0 radical (unpaired) electrons. The highest BCUT2D eigenvalue weighted by Gasteiger charge is 2.48. The van der Waals surface area contributed by atoms with E-state index in [9.17, 15) is 27.6 Å². The minimum atomic E-state index is -2.86. The van der Waals surface area contributed by atoms with Crippen LogP contribution in [0.2, 0.25) is 0 Å². The van der Waals surface area contributed by atoms with Crippen LogP contribution in [0.15, 0.2) is 48.5 Å². The summed E-state index contributed by atoms with van der Waals surface area (Å²) < 4.78 is 47.8. The van der Waals surface area contributed by atoms with E-state index >= 15 is 0 Å². The quantitative estimate of drug-likeness (QED) is 0.451. The number of nitrogens with zero attached hydrogens (tertiary/aromatic N) is 3.